The number of rotatable bonds is 0. The summed E-state index contributed by atoms with van der Waals surface area (Å²) in [7, 11) is 0. The third-order valence-electron chi connectivity index (χ3n) is 0. The minimum absolute atomic E-state index is 0. The van der Waals surface area contributed by atoms with E-state index in [2.05, 4.69) is 0 Å². The van der Waals surface area contributed by atoms with Crippen molar-refractivity contribution in [1.29, 1.82) is 0 Å². The molecule has 20 valence electrons. The van der Waals surface area contributed by atoms with Crippen molar-refractivity contribution < 1.29 is 85.2 Å². The predicted octanol–water partition coefficient (Wildman–Crippen LogP) is -1.19. The molecular formula is H3BCdFeNd. The average molecular weight is 326 g/mol. The summed E-state index contributed by atoms with van der Waals surface area (Å²) in [4.78, 5) is 0. The molecule has 4 heteroatoms. The van der Waals surface area contributed by atoms with Gasteiger partial charge in [0.25, 0.3) is 0 Å². The summed E-state index contributed by atoms with van der Waals surface area (Å²) in [5.74, 6) is 0. The summed E-state index contributed by atoms with van der Waals surface area (Å²) in [6, 6.07) is 0. The molecular weight excluding hydrogens is 323 g/mol. The Labute approximate surface area is 91.6 Å². The van der Waals surface area contributed by atoms with Crippen molar-refractivity contribution in [3.8, 4) is 0 Å². The summed E-state index contributed by atoms with van der Waals surface area (Å²) in [6.45, 7) is 0. The fourth-order valence-electron chi connectivity index (χ4n) is 0. The SMILES string of the molecule is B.[Cd].[Fe].[Nd]. The molecule has 0 aromatic rings. The van der Waals surface area contributed by atoms with Crippen LogP contribution in [0, 0.1) is 40.8 Å². The molecule has 0 aliphatic rings. The second-order valence-corrected chi connectivity index (χ2v) is 0. The van der Waals surface area contributed by atoms with Gasteiger partial charge in [0.1, 0.15) is 0 Å². The van der Waals surface area contributed by atoms with Crippen LogP contribution < -0.4 is 0 Å². The van der Waals surface area contributed by atoms with E-state index in [-0.39, 0.29) is 93.6 Å². The predicted molar refractivity (Wildman–Crippen MR) is 9.94 cm³/mol. The third-order valence-corrected chi connectivity index (χ3v) is 0. The first-order valence-corrected chi connectivity index (χ1v) is 0. The van der Waals surface area contributed by atoms with Gasteiger partial charge >= 0.3 is 0 Å². The Morgan fingerprint density at radius 1 is 1.00 bits per heavy atom. The van der Waals surface area contributed by atoms with E-state index >= 15 is 0 Å². The van der Waals surface area contributed by atoms with Crippen LogP contribution in [0.4, 0.5) is 0 Å². The number of hydrogen-bond acceptors (Lipinski definition) is 0. The van der Waals surface area contributed by atoms with Crippen LogP contribution in [0.2, 0.25) is 0 Å². The molecule has 0 nitrogen and oxygen atoms in total. The van der Waals surface area contributed by atoms with Crippen LogP contribution in [0.15, 0.2) is 0 Å². The topological polar surface area (TPSA) is 0 Å². The van der Waals surface area contributed by atoms with Crippen LogP contribution in [0.1, 0.15) is 0 Å². The Morgan fingerprint density at radius 2 is 1.00 bits per heavy atom. The molecule has 0 aromatic carbocycles. The van der Waals surface area contributed by atoms with Gasteiger partial charge in [0.05, 0.1) is 8.41 Å². The molecule has 0 aliphatic heterocycles. The van der Waals surface area contributed by atoms with Gasteiger partial charge in [-0.1, -0.05) is 0 Å². The molecule has 0 spiro atoms. The summed E-state index contributed by atoms with van der Waals surface area (Å²) in [5, 5.41) is 0. The molecule has 0 bridgehead atoms. The molecule has 0 saturated carbocycles. The van der Waals surface area contributed by atoms with Crippen LogP contribution in [-0.4, -0.2) is 8.41 Å². The van der Waals surface area contributed by atoms with Gasteiger partial charge in [0, 0.05) is 85.2 Å². The first-order chi connectivity index (χ1) is 0. The Hall–Kier alpha value is 2.86. The maximum Gasteiger partial charge on any atom is 0.0814 e. The molecule has 0 heterocycles. The van der Waals surface area contributed by atoms with Gasteiger partial charge in [-0.05, 0) is 0 Å². The van der Waals surface area contributed by atoms with Crippen molar-refractivity contribution >= 4 is 8.41 Å². The van der Waals surface area contributed by atoms with Gasteiger partial charge in [0.15, 0.2) is 0 Å². The standard InChI is InChI=1S/BH3.Cd.Fe.Nd/h1H3;;;. The van der Waals surface area contributed by atoms with Crippen molar-refractivity contribution in [2.75, 3.05) is 0 Å². The van der Waals surface area contributed by atoms with Crippen LogP contribution in [0.5, 0.6) is 0 Å². The average Bonchev–Trinajstić information content (AvgIpc) is 0. The minimum atomic E-state index is 0. The molecule has 0 unspecified atom stereocenters. The van der Waals surface area contributed by atoms with Gasteiger partial charge in [-0.2, -0.15) is 0 Å². The monoisotopic (exact) mass is 326 g/mol. The Balaban J connectivity index is 0. The summed E-state index contributed by atoms with van der Waals surface area (Å²) >= 11 is 0. The van der Waals surface area contributed by atoms with E-state index in [1.165, 1.54) is 0 Å². The zero-order valence-electron chi connectivity index (χ0n) is 1.56. The number of hydrogen-bond donors (Lipinski definition) is 0. The molecule has 0 fully saturated rings. The fourth-order valence-corrected chi connectivity index (χ4v) is 0. The van der Waals surface area contributed by atoms with Crippen molar-refractivity contribution in [3.63, 3.8) is 0 Å². The van der Waals surface area contributed by atoms with E-state index in [1.54, 1.807) is 0 Å². The smallest absolute Gasteiger partial charge is 0 e. The molecule has 0 rings (SSSR count). The van der Waals surface area contributed by atoms with Crippen LogP contribution in [0.25, 0.3) is 0 Å². The van der Waals surface area contributed by atoms with Crippen LogP contribution >= 0.6 is 0 Å². The van der Waals surface area contributed by atoms with Gasteiger partial charge in [0.2, 0.25) is 0 Å². The summed E-state index contributed by atoms with van der Waals surface area (Å²) in [6.07, 6.45) is 0. The second kappa shape index (κ2) is 16.9. The van der Waals surface area contributed by atoms with E-state index in [4.69, 9.17) is 0 Å². The summed E-state index contributed by atoms with van der Waals surface area (Å²) < 4.78 is 0. The molecule has 4 heavy (non-hydrogen) atoms. The first-order valence-electron chi connectivity index (χ1n) is 0. The maximum atomic E-state index is 0. The van der Waals surface area contributed by atoms with E-state index in [0.29, 0.717) is 0 Å². The molecule has 0 aliphatic carbocycles. The van der Waals surface area contributed by atoms with Crippen LogP contribution in [-0.2, 0) is 44.4 Å². The Kier molecular flexibility index (Phi) is 122. The van der Waals surface area contributed by atoms with E-state index in [0.717, 1.165) is 0 Å². The van der Waals surface area contributed by atoms with Crippen molar-refractivity contribution in [3.05, 3.63) is 0 Å². The minimum Gasteiger partial charge on any atom is 0 e. The molecule has 0 amide bonds. The molecule has 0 saturated heterocycles. The van der Waals surface area contributed by atoms with Gasteiger partial charge in [-0.15, -0.1) is 0 Å². The zero-order valence-corrected chi connectivity index (χ0v) is 9.91. The molecule has 0 aromatic heterocycles. The Morgan fingerprint density at radius 3 is 1.00 bits per heavy atom. The van der Waals surface area contributed by atoms with Crippen molar-refractivity contribution in [2.24, 2.45) is 0 Å². The zero-order chi connectivity index (χ0) is 0. The fraction of sp³-hybridized carbons (Fsp3) is 0. The van der Waals surface area contributed by atoms with E-state index < -0.39 is 0 Å². The molecule has 0 radical (unpaired) electrons. The molecule has 0 N–H and O–H groups in total. The van der Waals surface area contributed by atoms with E-state index in [9.17, 15) is 0 Å². The largest absolute Gasteiger partial charge is 0.0814 e. The summed E-state index contributed by atoms with van der Waals surface area (Å²) in [5.41, 5.74) is 0. The normalized spacial score (nSPS) is 0. The Bertz CT molecular complexity index is 8.00. The van der Waals surface area contributed by atoms with Crippen molar-refractivity contribution in [1.82, 2.24) is 0 Å². The van der Waals surface area contributed by atoms with Crippen LogP contribution in [0.3, 0.4) is 0 Å². The van der Waals surface area contributed by atoms with Gasteiger partial charge < -0.3 is 0 Å². The van der Waals surface area contributed by atoms with E-state index in [1.807, 2.05) is 0 Å². The second-order valence-electron chi connectivity index (χ2n) is 0. The first kappa shape index (κ1) is 28.8. The van der Waals surface area contributed by atoms with Crippen molar-refractivity contribution in [2.45, 2.75) is 0 Å². The van der Waals surface area contributed by atoms with Gasteiger partial charge in [-0.3, -0.25) is 0 Å². The van der Waals surface area contributed by atoms with Gasteiger partial charge in [-0.25, -0.2) is 0 Å². The maximum absolute atomic E-state index is 0. The quantitative estimate of drug-likeness (QED) is 0.491. The molecule has 0 atom stereocenters. The third kappa shape index (κ3) is 8.85.